The molecule has 0 aromatic heterocycles. The van der Waals surface area contributed by atoms with Gasteiger partial charge < -0.3 is 10.5 Å². The molecule has 4 heteroatoms. The molecule has 146 valence electrons. The molecule has 0 aliphatic rings. The van der Waals surface area contributed by atoms with Gasteiger partial charge in [-0.3, -0.25) is 0 Å². The minimum atomic E-state index is -1.52. The summed E-state index contributed by atoms with van der Waals surface area (Å²) in [5.74, 6) is 3.35. The van der Waals surface area contributed by atoms with Crippen molar-refractivity contribution < 1.29 is 9.53 Å². The lowest BCUT2D eigenvalue weighted by Crippen LogP contribution is -2.16. The molecule has 3 rings (SSSR count). The number of carbonyl (C=O) groups excluding carboxylic acids is 1. The van der Waals surface area contributed by atoms with Crippen LogP contribution in [-0.2, 0) is 0 Å². The lowest BCUT2D eigenvalue weighted by molar-refractivity contribution is 0.0736. The molecule has 0 fully saturated rings. The summed E-state index contributed by atoms with van der Waals surface area (Å²) in [7, 11) is -1.52. The second kappa shape index (κ2) is 8.38. The third-order valence-electron chi connectivity index (χ3n) is 4.31. The topological polar surface area (TPSA) is 52.3 Å². The largest absolute Gasteiger partial charge is 0.422 e. The maximum absolute atomic E-state index is 12.8. The van der Waals surface area contributed by atoms with E-state index in [-0.39, 0.29) is 0 Å². The van der Waals surface area contributed by atoms with E-state index in [9.17, 15) is 4.79 Å². The van der Waals surface area contributed by atoms with E-state index in [1.54, 1.807) is 18.2 Å². The molecule has 0 unspecified atom stereocenters. The van der Waals surface area contributed by atoms with Crippen LogP contribution >= 0.6 is 0 Å². The number of hydrogen-bond acceptors (Lipinski definition) is 3. The van der Waals surface area contributed by atoms with Crippen molar-refractivity contribution in [2.75, 3.05) is 5.73 Å². The summed E-state index contributed by atoms with van der Waals surface area (Å²) in [5, 5.41) is 0. The smallest absolute Gasteiger partial charge is 0.345 e. The van der Waals surface area contributed by atoms with Crippen LogP contribution in [0.2, 0.25) is 19.6 Å². The molecule has 3 aromatic carbocycles. The first-order valence-electron chi connectivity index (χ1n) is 9.54. The standard InChI is InChI=1S/C25H25NO2Si/c1-18-13-14-23(26)22(17-18)25(27)28-24-12-8-7-11-21(24)20-10-6-5-9-19(20)15-16-29(2,3)4/h5-14,17H,26H2,1-4H3. The zero-order valence-electron chi connectivity index (χ0n) is 17.2. The fraction of sp³-hybridized carbons (Fsp3) is 0.160. The number of aryl methyl sites for hydroxylation is 1. The predicted octanol–water partition coefficient (Wildman–Crippen LogP) is 5.69. The predicted molar refractivity (Wildman–Crippen MR) is 123 cm³/mol. The number of para-hydroxylation sites is 1. The fourth-order valence-corrected chi connectivity index (χ4v) is 3.37. The Balaban J connectivity index is 2.02. The van der Waals surface area contributed by atoms with Crippen molar-refractivity contribution >= 4 is 19.7 Å². The number of nitrogen functional groups attached to an aromatic ring is 1. The van der Waals surface area contributed by atoms with E-state index < -0.39 is 14.0 Å². The zero-order valence-corrected chi connectivity index (χ0v) is 18.2. The Morgan fingerprint density at radius 2 is 1.59 bits per heavy atom. The number of rotatable bonds is 3. The van der Waals surface area contributed by atoms with E-state index in [0.29, 0.717) is 17.0 Å². The summed E-state index contributed by atoms with van der Waals surface area (Å²) >= 11 is 0. The highest BCUT2D eigenvalue weighted by atomic mass is 28.3. The maximum atomic E-state index is 12.8. The number of ether oxygens (including phenoxy) is 1. The number of nitrogens with two attached hydrogens (primary N) is 1. The van der Waals surface area contributed by atoms with Gasteiger partial charge >= 0.3 is 5.97 Å². The van der Waals surface area contributed by atoms with Gasteiger partial charge in [-0.05, 0) is 31.2 Å². The van der Waals surface area contributed by atoms with Crippen molar-refractivity contribution in [3.63, 3.8) is 0 Å². The molecular formula is C25H25NO2Si. The molecule has 0 saturated carbocycles. The number of esters is 1. The van der Waals surface area contributed by atoms with Gasteiger partial charge in [-0.15, -0.1) is 5.54 Å². The number of carbonyl (C=O) groups is 1. The molecule has 0 amide bonds. The Morgan fingerprint density at radius 3 is 2.31 bits per heavy atom. The van der Waals surface area contributed by atoms with Crippen LogP contribution in [-0.4, -0.2) is 14.0 Å². The molecule has 0 bridgehead atoms. The number of hydrogen-bond donors (Lipinski definition) is 1. The quantitative estimate of drug-likeness (QED) is 0.202. The van der Waals surface area contributed by atoms with Crippen molar-refractivity contribution in [3.05, 3.63) is 83.4 Å². The van der Waals surface area contributed by atoms with Crippen molar-refractivity contribution in [1.82, 2.24) is 0 Å². The first-order valence-corrected chi connectivity index (χ1v) is 13.0. The third kappa shape index (κ3) is 5.16. The van der Waals surface area contributed by atoms with Crippen LogP contribution in [0.25, 0.3) is 11.1 Å². The van der Waals surface area contributed by atoms with Crippen LogP contribution in [0.4, 0.5) is 5.69 Å². The summed E-state index contributed by atoms with van der Waals surface area (Å²) in [6, 6.07) is 20.8. The molecule has 0 heterocycles. The monoisotopic (exact) mass is 399 g/mol. The van der Waals surface area contributed by atoms with Gasteiger partial charge in [0.15, 0.2) is 0 Å². The Bertz CT molecular complexity index is 1120. The highest BCUT2D eigenvalue weighted by molar-refractivity contribution is 6.83. The van der Waals surface area contributed by atoms with Crippen molar-refractivity contribution in [1.29, 1.82) is 0 Å². The molecule has 0 aliphatic carbocycles. The van der Waals surface area contributed by atoms with E-state index in [1.165, 1.54) is 0 Å². The average Bonchev–Trinajstić information content (AvgIpc) is 2.68. The van der Waals surface area contributed by atoms with Gasteiger partial charge in [0, 0.05) is 22.4 Å². The van der Waals surface area contributed by atoms with Crippen molar-refractivity contribution in [3.8, 4) is 28.3 Å². The minimum Gasteiger partial charge on any atom is -0.422 e. The third-order valence-corrected chi connectivity index (χ3v) is 5.18. The van der Waals surface area contributed by atoms with Crippen LogP contribution in [0.5, 0.6) is 5.75 Å². The SMILES string of the molecule is Cc1ccc(N)c(C(=O)Oc2ccccc2-c2ccccc2C#C[Si](C)(C)C)c1. The van der Waals surface area contributed by atoms with E-state index in [0.717, 1.165) is 22.3 Å². The van der Waals surface area contributed by atoms with Gasteiger partial charge in [0.25, 0.3) is 0 Å². The second-order valence-electron chi connectivity index (χ2n) is 8.02. The van der Waals surface area contributed by atoms with Gasteiger partial charge in [0.05, 0.1) is 5.56 Å². The normalized spacial score (nSPS) is 10.8. The Morgan fingerprint density at radius 1 is 0.931 bits per heavy atom. The van der Waals surface area contributed by atoms with E-state index in [4.69, 9.17) is 10.5 Å². The van der Waals surface area contributed by atoms with Crippen LogP contribution in [0.1, 0.15) is 21.5 Å². The van der Waals surface area contributed by atoms with Gasteiger partial charge in [0.1, 0.15) is 13.8 Å². The fourth-order valence-electron chi connectivity index (χ4n) is 2.86. The van der Waals surface area contributed by atoms with E-state index in [1.807, 2.05) is 55.5 Å². The summed E-state index contributed by atoms with van der Waals surface area (Å²) in [5.41, 5.74) is 13.8. The van der Waals surface area contributed by atoms with E-state index >= 15 is 0 Å². The van der Waals surface area contributed by atoms with Crippen LogP contribution in [0, 0.1) is 18.4 Å². The van der Waals surface area contributed by atoms with Gasteiger partial charge in [0.2, 0.25) is 0 Å². The Labute approximate surface area is 173 Å². The minimum absolute atomic E-state index is 0.367. The first kappa shape index (κ1) is 20.4. The van der Waals surface area contributed by atoms with Crippen molar-refractivity contribution in [2.24, 2.45) is 0 Å². The Kier molecular flexibility index (Phi) is 5.91. The summed E-state index contributed by atoms with van der Waals surface area (Å²) < 4.78 is 5.76. The van der Waals surface area contributed by atoms with Crippen LogP contribution in [0.15, 0.2) is 66.7 Å². The molecule has 0 aliphatic heterocycles. The molecular weight excluding hydrogens is 374 g/mol. The van der Waals surface area contributed by atoms with Gasteiger partial charge in [-0.1, -0.05) is 73.6 Å². The van der Waals surface area contributed by atoms with E-state index in [2.05, 4.69) is 31.1 Å². The first-order chi connectivity index (χ1) is 13.7. The highest BCUT2D eigenvalue weighted by Gasteiger charge is 2.16. The second-order valence-corrected chi connectivity index (χ2v) is 12.8. The lowest BCUT2D eigenvalue weighted by atomic mass is 9.99. The maximum Gasteiger partial charge on any atom is 0.345 e. The number of benzene rings is 3. The van der Waals surface area contributed by atoms with Gasteiger partial charge in [-0.2, -0.15) is 0 Å². The molecule has 2 N–H and O–H groups in total. The van der Waals surface area contributed by atoms with Gasteiger partial charge in [-0.25, -0.2) is 4.79 Å². The lowest BCUT2D eigenvalue weighted by Gasteiger charge is -2.13. The average molecular weight is 400 g/mol. The summed E-state index contributed by atoms with van der Waals surface area (Å²) in [6.45, 7) is 8.55. The summed E-state index contributed by atoms with van der Waals surface area (Å²) in [6.07, 6.45) is 0. The highest BCUT2D eigenvalue weighted by Crippen LogP contribution is 2.33. The summed E-state index contributed by atoms with van der Waals surface area (Å²) in [4.78, 5) is 12.8. The van der Waals surface area contributed by atoms with Crippen molar-refractivity contribution in [2.45, 2.75) is 26.6 Å². The Hall–Kier alpha value is -3.29. The molecule has 0 saturated heterocycles. The molecule has 0 radical (unpaired) electrons. The van der Waals surface area contributed by atoms with Crippen LogP contribution < -0.4 is 10.5 Å². The molecule has 3 nitrogen and oxygen atoms in total. The van der Waals surface area contributed by atoms with Crippen LogP contribution in [0.3, 0.4) is 0 Å². The molecule has 29 heavy (non-hydrogen) atoms. The molecule has 0 atom stereocenters. The zero-order chi connectivity index (χ0) is 21.0. The number of anilines is 1. The molecule has 3 aromatic rings. The molecule has 0 spiro atoms.